The first kappa shape index (κ1) is 25.9. The number of carbonyl (C=O) groups is 1. The van der Waals surface area contributed by atoms with Crippen LogP contribution in [0.1, 0.15) is 42.9 Å². The maximum absolute atomic E-state index is 13.8. The lowest BCUT2D eigenvalue weighted by atomic mass is 9.74. The van der Waals surface area contributed by atoms with Gasteiger partial charge in [-0.15, -0.1) is 23.1 Å². The Morgan fingerprint density at radius 2 is 2.14 bits per heavy atom. The van der Waals surface area contributed by atoms with E-state index in [9.17, 15) is 19.4 Å². The van der Waals surface area contributed by atoms with Crippen LogP contribution in [0.2, 0.25) is 0 Å². The number of rotatable bonds is 11. The first-order valence-corrected chi connectivity index (χ1v) is 13.6. The highest BCUT2D eigenvalue weighted by Crippen LogP contribution is 2.40. The topological polar surface area (TPSA) is 82.9 Å². The number of pyridine rings is 1. The monoisotopic (exact) mass is 518 g/mol. The van der Waals surface area contributed by atoms with Gasteiger partial charge in [0.05, 0.1) is 28.4 Å². The second kappa shape index (κ2) is 11.7. The van der Waals surface area contributed by atoms with E-state index in [-0.39, 0.29) is 6.42 Å². The third kappa shape index (κ3) is 5.97. The Labute approximate surface area is 213 Å². The zero-order valence-corrected chi connectivity index (χ0v) is 21.4. The van der Waals surface area contributed by atoms with Crippen LogP contribution in [-0.4, -0.2) is 58.6 Å². The van der Waals surface area contributed by atoms with Crippen molar-refractivity contribution in [1.29, 1.82) is 0 Å². The van der Waals surface area contributed by atoms with Gasteiger partial charge in [-0.2, -0.15) is 0 Å². The average molecular weight is 519 g/mol. The van der Waals surface area contributed by atoms with E-state index in [4.69, 9.17) is 4.74 Å². The van der Waals surface area contributed by atoms with Crippen LogP contribution in [0.5, 0.6) is 5.75 Å². The summed E-state index contributed by atoms with van der Waals surface area (Å²) in [5.41, 5.74) is 0.550. The number of benzene rings is 1. The number of aliphatic hydroxyl groups is 1. The summed E-state index contributed by atoms with van der Waals surface area (Å²) in [4.78, 5) is 19.0. The van der Waals surface area contributed by atoms with Gasteiger partial charge in [0.15, 0.2) is 0 Å². The Morgan fingerprint density at radius 3 is 2.80 bits per heavy atom. The Balaban J connectivity index is 1.42. The van der Waals surface area contributed by atoms with Gasteiger partial charge < -0.3 is 19.8 Å². The van der Waals surface area contributed by atoms with E-state index in [1.54, 1.807) is 36.6 Å². The van der Waals surface area contributed by atoms with Gasteiger partial charge in [0, 0.05) is 29.4 Å². The highest BCUT2D eigenvalue weighted by atomic mass is 32.2. The number of aliphatic hydroxyl groups excluding tert-OH is 1. The predicted octanol–water partition coefficient (Wildman–Crippen LogP) is 5.55. The van der Waals surface area contributed by atoms with Crippen molar-refractivity contribution in [3.05, 3.63) is 53.0 Å². The van der Waals surface area contributed by atoms with E-state index in [0.717, 1.165) is 25.4 Å². The number of thioether (sulfide) groups is 1. The van der Waals surface area contributed by atoms with Crippen molar-refractivity contribution >= 4 is 40.0 Å². The number of methoxy groups -OCH3 is 1. The first-order chi connectivity index (χ1) is 17.0. The molecule has 0 aliphatic carbocycles. The van der Waals surface area contributed by atoms with E-state index in [1.165, 1.54) is 10.4 Å². The fourth-order valence-corrected chi connectivity index (χ4v) is 6.68. The molecule has 9 heteroatoms. The third-order valence-corrected chi connectivity index (χ3v) is 9.10. The SMILES string of the molecule is COc1ccc2ncc(CF)c(C(O)CCC3(C(=O)O)CCN(CCSc4cccs4)CC3)c2c1. The van der Waals surface area contributed by atoms with Crippen LogP contribution in [0.25, 0.3) is 10.9 Å². The molecule has 3 heterocycles. The van der Waals surface area contributed by atoms with E-state index in [0.29, 0.717) is 47.0 Å². The number of aliphatic carboxylic acids is 1. The van der Waals surface area contributed by atoms with E-state index < -0.39 is 24.2 Å². The normalized spacial score (nSPS) is 16.9. The molecule has 1 aliphatic rings. The maximum Gasteiger partial charge on any atom is 0.309 e. The van der Waals surface area contributed by atoms with Crippen LogP contribution < -0.4 is 4.74 Å². The van der Waals surface area contributed by atoms with Gasteiger partial charge in [0.1, 0.15) is 12.4 Å². The Hall–Kier alpha value is -2.20. The minimum atomic E-state index is -0.991. The zero-order chi connectivity index (χ0) is 24.8. The summed E-state index contributed by atoms with van der Waals surface area (Å²) in [6.07, 6.45) is 2.12. The van der Waals surface area contributed by atoms with Gasteiger partial charge in [-0.3, -0.25) is 9.78 Å². The van der Waals surface area contributed by atoms with Crippen LogP contribution in [0, 0.1) is 5.41 Å². The molecule has 3 aromatic rings. The molecule has 1 atom stereocenters. The predicted molar refractivity (Wildman–Crippen MR) is 138 cm³/mol. The van der Waals surface area contributed by atoms with Crippen molar-refractivity contribution in [2.45, 2.75) is 42.7 Å². The van der Waals surface area contributed by atoms with E-state index in [1.807, 2.05) is 17.8 Å². The minimum absolute atomic E-state index is 0.240. The summed E-state index contributed by atoms with van der Waals surface area (Å²) in [5, 5.41) is 24.0. The Bertz CT molecular complexity index is 1130. The number of hydrogen-bond donors (Lipinski definition) is 2. The van der Waals surface area contributed by atoms with Gasteiger partial charge in [-0.05, 0) is 74.0 Å². The summed E-state index contributed by atoms with van der Waals surface area (Å²) in [7, 11) is 1.55. The van der Waals surface area contributed by atoms with Crippen molar-refractivity contribution in [3.63, 3.8) is 0 Å². The van der Waals surface area contributed by atoms with Gasteiger partial charge >= 0.3 is 5.97 Å². The summed E-state index contributed by atoms with van der Waals surface area (Å²) in [6.45, 7) is 1.61. The summed E-state index contributed by atoms with van der Waals surface area (Å²) < 4.78 is 20.4. The number of carboxylic acid groups (broad SMARTS) is 1. The fourth-order valence-electron chi connectivity index (χ4n) is 4.81. The van der Waals surface area contributed by atoms with Gasteiger partial charge in [-0.1, -0.05) is 6.07 Å². The number of piperidine rings is 1. The number of ether oxygens (including phenoxy) is 1. The molecule has 0 amide bonds. The minimum Gasteiger partial charge on any atom is -0.497 e. The molecule has 2 N–H and O–H groups in total. The van der Waals surface area contributed by atoms with Crippen LogP contribution in [0.3, 0.4) is 0 Å². The number of aromatic nitrogens is 1. The molecule has 1 saturated heterocycles. The molecule has 4 rings (SSSR count). The molecule has 188 valence electrons. The average Bonchev–Trinajstić information content (AvgIpc) is 3.40. The largest absolute Gasteiger partial charge is 0.497 e. The van der Waals surface area contributed by atoms with Crippen molar-refractivity contribution in [3.8, 4) is 5.75 Å². The number of halogens is 1. The van der Waals surface area contributed by atoms with Crippen LogP contribution in [-0.2, 0) is 11.5 Å². The Morgan fingerprint density at radius 1 is 1.34 bits per heavy atom. The summed E-state index contributed by atoms with van der Waals surface area (Å²) in [5.74, 6) is 0.754. The number of carboxylic acids is 1. The molecule has 1 aliphatic heterocycles. The smallest absolute Gasteiger partial charge is 0.309 e. The molecular formula is C26H31FN2O4S2. The second-order valence-electron chi connectivity index (χ2n) is 8.98. The molecule has 1 aromatic carbocycles. The van der Waals surface area contributed by atoms with E-state index >= 15 is 0 Å². The number of fused-ring (bicyclic) bond motifs is 1. The number of hydrogen-bond acceptors (Lipinski definition) is 7. The zero-order valence-electron chi connectivity index (χ0n) is 19.8. The molecule has 0 saturated carbocycles. The maximum atomic E-state index is 13.8. The van der Waals surface area contributed by atoms with E-state index in [2.05, 4.69) is 21.3 Å². The molecule has 35 heavy (non-hydrogen) atoms. The van der Waals surface area contributed by atoms with Crippen molar-refractivity contribution in [1.82, 2.24) is 9.88 Å². The third-order valence-electron chi connectivity index (χ3n) is 6.99. The molecule has 0 radical (unpaired) electrons. The molecule has 0 bridgehead atoms. The molecule has 1 unspecified atom stereocenters. The Kier molecular flexibility index (Phi) is 8.64. The van der Waals surface area contributed by atoms with Gasteiger partial charge in [-0.25, -0.2) is 4.39 Å². The van der Waals surface area contributed by atoms with Crippen molar-refractivity contribution in [2.75, 3.05) is 32.5 Å². The van der Waals surface area contributed by atoms with Gasteiger partial charge in [0.2, 0.25) is 0 Å². The summed E-state index contributed by atoms with van der Waals surface area (Å²) >= 11 is 3.56. The number of likely N-dealkylation sites (tertiary alicyclic amines) is 1. The lowest BCUT2D eigenvalue weighted by Crippen LogP contribution is -2.45. The van der Waals surface area contributed by atoms with Crippen LogP contribution >= 0.6 is 23.1 Å². The van der Waals surface area contributed by atoms with Crippen molar-refractivity contribution in [2.24, 2.45) is 5.41 Å². The standard InChI is InChI=1S/C26H31FN2O4S2/c1-33-19-4-5-21-20(15-19)24(18(16-27)17-28-21)22(30)6-7-26(25(31)32)8-10-29(11-9-26)12-14-35-23-3-2-13-34-23/h2-5,13,15,17,22,30H,6-12,14,16H2,1H3,(H,31,32). The lowest BCUT2D eigenvalue weighted by Gasteiger charge is -2.39. The molecule has 6 nitrogen and oxygen atoms in total. The molecule has 0 spiro atoms. The highest BCUT2D eigenvalue weighted by molar-refractivity contribution is 8.01. The molecule has 1 fully saturated rings. The summed E-state index contributed by atoms with van der Waals surface area (Å²) in [6, 6.07) is 9.46. The van der Waals surface area contributed by atoms with Gasteiger partial charge in [0.25, 0.3) is 0 Å². The number of alkyl halides is 1. The second-order valence-corrected chi connectivity index (χ2v) is 11.3. The fraction of sp³-hybridized carbons (Fsp3) is 0.462. The number of thiophene rings is 1. The number of nitrogens with zero attached hydrogens (tertiary/aromatic N) is 2. The van der Waals surface area contributed by atoms with Crippen LogP contribution in [0.15, 0.2) is 46.1 Å². The molecular weight excluding hydrogens is 487 g/mol. The lowest BCUT2D eigenvalue weighted by molar-refractivity contribution is -0.153. The quantitative estimate of drug-likeness (QED) is 0.322. The highest BCUT2D eigenvalue weighted by Gasteiger charge is 2.41. The van der Waals surface area contributed by atoms with Crippen LogP contribution in [0.4, 0.5) is 4.39 Å². The first-order valence-electron chi connectivity index (χ1n) is 11.8. The molecule has 2 aromatic heterocycles. The van der Waals surface area contributed by atoms with Crippen molar-refractivity contribution < 1.29 is 24.1 Å².